The minimum Gasteiger partial charge on any atom is -0.192 e. The second-order valence-electron chi connectivity index (χ2n) is 1.86. The van der Waals surface area contributed by atoms with Gasteiger partial charge in [-0.05, 0) is 12.1 Å². The molecule has 11 heavy (non-hydrogen) atoms. The fourth-order valence-corrected chi connectivity index (χ4v) is 1.20. The largest absolute Gasteiger partial charge is 0.192 e. The molecule has 56 valence electrons. The van der Waals surface area contributed by atoms with E-state index in [2.05, 4.69) is 0 Å². The lowest BCUT2D eigenvalue weighted by Crippen LogP contribution is -1.77. The summed E-state index contributed by atoms with van der Waals surface area (Å²) in [6.07, 6.45) is 0. The zero-order valence-corrected chi connectivity index (χ0v) is 7.50. The van der Waals surface area contributed by atoms with E-state index in [1.54, 1.807) is 0 Å². The molecule has 0 saturated carbocycles. The van der Waals surface area contributed by atoms with Crippen LogP contribution in [0.15, 0.2) is 12.1 Å². The molecule has 1 aromatic carbocycles. The molecule has 0 heterocycles. The second kappa shape index (κ2) is 3.32. The van der Waals surface area contributed by atoms with Crippen molar-refractivity contribution in [2.45, 2.75) is 0 Å². The van der Waals surface area contributed by atoms with Gasteiger partial charge in [-0.3, -0.25) is 0 Å². The predicted molar refractivity (Wildman–Crippen MR) is 46.2 cm³/mol. The third-order valence-electron chi connectivity index (χ3n) is 1.13. The average molecular weight is 206 g/mol. The summed E-state index contributed by atoms with van der Waals surface area (Å²) in [4.78, 5) is 0. The minimum atomic E-state index is 0.321. The summed E-state index contributed by atoms with van der Waals surface area (Å²) in [5.74, 6) is 0. The summed E-state index contributed by atoms with van der Waals surface area (Å²) < 4.78 is 0. The lowest BCUT2D eigenvalue weighted by atomic mass is 10.2. The Kier molecular flexibility index (Phi) is 2.62. The van der Waals surface area contributed by atoms with Gasteiger partial charge >= 0.3 is 0 Å². The van der Waals surface area contributed by atoms with E-state index in [1.807, 2.05) is 6.07 Å². The summed E-state index contributed by atoms with van der Waals surface area (Å²) in [7, 11) is 0. The Balaban J connectivity index is 3.35. The minimum absolute atomic E-state index is 0.321. The van der Waals surface area contributed by atoms with E-state index < -0.39 is 0 Å². The van der Waals surface area contributed by atoms with Crippen molar-refractivity contribution in [3.05, 3.63) is 32.8 Å². The monoisotopic (exact) mass is 205 g/mol. The van der Waals surface area contributed by atoms with Crippen LogP contribution in [0.2, 0.25) is 15.1 Å². The van der Waals surface area contributed by atoms with Crippen LogP contribution in [-0.2, 0) is 0 Å². The fourth-order valence-electron chi connectivity index (χ4n) is 0.608. The highest BCUT2D eigenvalue weighted by molar-refractivity contribution is 6.43. The van der Waals surface area contributed by atoms with Crippen molar-refractivity contribution in [2.24, 2.45) is 0 Å². The number of nitrogens with zero attached hydrogens (tertiary/aromatic N) is 1. The molecular weight excluding hydrogens is 204 g/mol. The van der Waals surface area contributed by atoms with Gasteiger partial charge in [0.05, 0.1) is 20.6 Å². The Morgan fingerprint density at radius 2 is 1.55 bits per heavy atom. The van der Waals surface area contributed by atoms with Crippen molar-refractivity contribution in [3.8, 4) is 6.07 Å². The van der Waals surface area contributed by atoms with Crippen molar-refractivity contribution >= 4 is 34.8 Å². The highest BCUT2D eigenvalue weighted by Gasteiger charge is 2.03. The molecule has 1 nitrogen and oxygen atoms in total. The normalized spacial score (nSPS) is 9.27. The summed E-state index contributed by atoms with van der Waals surface area (Å²) in [5, 5.41) is 9.52. The molecule has 0 saturated heterocycles. The molecule has 0 N–H and O–H groups in total. The molecule has 0 aliphatic carbocycles. The molecular formula is C7H2Cl3N. The van der Waals surface area contributed by atoms with Gasteiger partial charge in [-0.15, -0.1) is 0 Å². The van der Waals surface area contributed by atoms with Crippen molar-refractivity contribution in [2.75, 3.05) is 0 Å². The molecule has 0 radical (unpaired) electrons. The molecule has 0 unspecified atom stereocenters. The van der Waals surface area contributed by atoms with Gasteiger partial charge in [0.25, 0.3) is 0 Å². The van der Waals surface area contributed by atoms with E-state index in [0.29, 0.717) is 20.6 Å². The molecule has 0 fully saturated rings. The summed E-state index contributed by atoms with van der Waals surface area (Å²) in [5.41, 5.74) is 0.334. The van der Waals surface area contributed by atoms with Crippen LogP contribution in [0, 0.1) is 11.3 Å². The molecule has 0 amide bonds. The third-order valence-corrected chi connectivity index (χ3v) is 2.17. The van der Waals surface area contributed by atoms with Gasteiger partial charge in [0.2, 0.25) is 0 Å². The van der Waals surface area contributed by atoms with E-state index >= 15 is 0 Å². The van der Waals surface area contributed by atoms with Gasteiger partial charge in [0.1, 0.15) is 6.07 Å². The van der Waals surface area contributed by atoms with Crippen LogP contribution in [0.1, 0.15) is 5.56 Å². The van der Waals surface area contributed by atoms with Crippen LogP contribution in [-0.4, -0.2) is 0 Å². The van der Waals surface area contributed by atoms with Crippen LogP contribution in [0.25, 0.3) is 0 Å². The summed E-state index contributed by atoms with van der Waals surface area (Å²) in [6.45, 7) is 0. The standard InChI is InChI=1S/C7H2Cl3N/c8-5-2-7(10)6(9)1-4(5)3-11/h1-2H. The average Bonchev–Trinajstić information content (AvgIpc) is 1.97. The van der Waals surface area contributed by atoms with E-state index in [1.165, 1.54) is 12.1 Å². The lowest BCUT2D eigenvalue weighted by molar-refractivity contribution is 1.48. The van der Waals surface area contributed by atoms with Gasteiger partial charge in [0, 0.05) is 0 Å². The Labute approximate surface area is 79.1 Å². The molecule has 1 aromatic rings. The van der Waals surface area contributed by atoms with Gasteiger partial charge in [0.15, 0.2) is 0 Å². The Bertz CT molecular complexity index is 327. The molecule has 0 atom stereocenters. The van der Waals surface area contributed by atoms with Gasteiger partial charge < -0.3 is 0 Å². The first-order valence-electron chi connectivity index (χ1n) is 2.70. The molecule has 0 bridgehead atoms. The fraction of sp³-hybridized carbons (Fsp3) is 0. The molecule has 4 heteroatoms. The van der Waals surface area contributed by atoms with Crippen LogP contribution < -0.4 is 0 Å². The maximum absolute atomic E-state index is 8.50. The maximum Gasteiger partial charge on any atom is 0.101 e. The first kappa shape index (κ1) is 8.67. The Morgan fingerprint density at radius 1 is 1.00 bits per heavy atom. The van der Waals surface area contributed by atoms with E-state index in [-0.39, 0.29) is 0 Å². The molecule has 0 spiro atoms. The quantitative estimate of drug-likeness (QED) is 0.596. The van der Waals surface area contributed by atoms with Gasteiger partial charge in [-0.25, -0.2) is 0 Å². The second-order valence-corrected chi connectivity index (χ2v) is 3.08. The zero-order valence-electron chi connectivity index (χ0n) is 5.24. The number of hydrogen-bond donors (Lipinski definition) is 0. The SMILES string of the molecule is N#Cc1cc(Cl)c(Cl)cc1Cl. The maximum atomic E-state index is 8.50. The number of hydrogen-bond acceptors (Lipinski definition) is 1. The number of nitriles is 1. The van der Waals surface area contributed by atoms with E-state index in [4.69, 9.17) is 40.1 Å². The smallest absolute Gasteiger partial charge is 0.101 e. The molecule has 0 aromatic heterocycles. The van der Waals surface area contributed by atoms with E-state index in [9.17, 15) is 0 Å². The van der Waals surface area contributed by atoms with Gasteiger partial charge in [-0.2, -0.15) is 5.26 Å². The predicted octanol–water partition coefficient (Wildman–Crippen LogP) is 3.52. The van der Waals surface area contributed by atoms with Crippen LogP contribution in [0.5, 0.6) is 0 Å². The van der Waals surface area contributed by atoms with Crippen LogP contribution >= 0.6 is 34.8 Å². The Morgan fingerprint density at radius 3 is 2.09 bits per heavy atom. The summed E-state index contributed by atoms with van der Waals surface area (Å²) >= 11 is 16.9. The summed E-state index contributed by atoms with van der Waals surface area (Å²) in [6, 6.07) is 4.77. The highest BCUT2D eigenvalue weighted by Crippen LogP contribution is 2.28. The number of benzene rings is 1. The highest BCUT2D eigenvalue weighted by atomic mass is 35.5. The Hall–Kier alpha value is -0.420. The van der Waals surface area contributed by atoms with Crippen molar-refractivity contribution in [1.29, 1.82) is 5.26 Å². The molecule has 0 aliphatic heterocycles. The first-order valence-corrected chi connectivity index (χ1v) is 3.83. The van der Waals surface area contributed by atoms with Crippen molar-refractivity contribution in [3.63, 3.8) is 0 Å². The molecule has 0 aliphatic rings. The topological polar surface area (TPSA) is 23.8 Å². The van der Waals surface area contributed by atoms with Gasteiger partial charge in [-0.1, -0.05) is 34.8 Å². The van der Waals surface area contributed by atoms with E-state index in [0.717, 1.165) is 0 Å². The lowest BCUT2D eigenvalue weighted by Gasteiger charge is -1.97. The zero-order chi connectivity index (χ0) is 8.43. The third kappa shape index (κ3) is 1.78. The van der Waals surface area contributed by atoms with Crippen molar-refractivity contribution in [1.82, 2.24) is 0 Å². The molecule has 1 rings (SSSR count). The number of halogens is 3. The number of rotatable bonds is 0. The van der Waals surface area contributed by atoms with Crippen LogP contribution in [0.3, 0.4) is 0 Å². The first-order chi connectivity index (χ1) is 5.15. The van der Waals surface area contributed by atoms with Crippen molar-refractivity contribution < 1.29 is 0 Å². The van der Waals surface area contributed by atoms with Crippen LogP contribution in [0.4, 0.5) is 0 Å².